The van der Waals surface area contributed by atoms with Gasteiger partial charge in [0.25, 0.3) is 0 Å². The molecule has 1 amide bonds. The SMILES string of the molecule is CC1(C(=O)O)CCN(C(=O)CCNS(=O)(=O)c2ccccc2F)C1. The summed E-state index contributed by atoms with van der Waals surface area (Å²) in [6, 6.07) is 4.96. The summed E-state index contributed by atoms with van der Waals surface area (Å²) < 4.78 is 39.7. The topological polar surface area (TPSA) is 104 Å². The Morgan fingerprint density at radius 3 is 2.62 bits per heavy atom. The van der Waals surface area contributed by atoms with Crippen molar-refractivity contribution in [1.29, 1.82) is 0 Å². The number of carboxylic acid groups (broad SMARTS) is 1. The second-order valence-electron chi connectivity index (χ2n) is 6.01. The number of aliphatic carboxylic acids is 1. The maximum absolute atomic E-state index is 13.5. The van der Waals surface area contributed by atoms with E-state index in [1.807, 2.05) is 0 Å². The number of hydrogen-bond donors (Lipinski definition) is 2. The lowest BCUT2D eigenvalue weighted by Crippen LogP contribution is -2.36. The summed E-state index contributed by atoms with van der Waals surface area (Å²) in [5.74, 6) is -2.16. The van der Waals surface area contributed by atoms with E-state index >= 15 is 0 Å². The Kier molecular flexibility index (Phi) is 5.24. The Morgan fingerprint density at radius 2 is 2.04 bits per heavy atom. The molecule has 9 heteroatoms. The Balaban J connectivity index is 1.90. The van der Waals surface area contributed by atoms with Crippen LogP contribution in [0.25, 0.3) is 0 Å². The molecule has 0 aromatic heterocycles. The summed E-state index contributed by atoms with van der Waals surface area (Å²) >= 11 is 0. The van der Waals surface area contributed by atoms with Gasteiger partial charge in [0, 0.05) is 26.1 Å². The smallest absolute Gasteiger partial charge is 0.311 e. The zero-order valence-electron chi connectivity index (χ0n) is 13.2. The van der Waals surface area contributed by atoms with Crippen LogP contribution in [-0.4, -0.2) is 49.9 Å². The fourth-order valence-electron chi connectivity index (χ4n) is 2.54. The third-order valence-corrected chi connectivity index (χ3v) is 5.59. The van der Waals surface area contributed by atoms with Crippen LogP contribution < -0.4 is 4.72 Å². The summed E-state index contributed by atoms with van der Waals surface area (Å²) in [4.78, 5) is 24.2. The van der Waals surface area contributed by atoms with E-state index in [-0.39, 0.29) is 25.4 Å². The van der Waals surface area contributed by atoms with Crippen LogP contribution in [0.15, 0.2) is 29.2 Å². The van der Waals surface area contributed by atoms with Crippen molar-refractivity contribution in [2.24, 2.45) is 5.41 Å². The minimum atomic E-state index is -4.04. The highest BCUT2D eigenvalue weighted by Gasteiger charge is 2.41. The molecule has 1 unspecified atom stereocenters. The van der Waals surface area contributed by atoms with Crippen LogP contribution in [0.5, 0.6) is 0 Å². The van der Waals surface area contributed by atoms with Crippen LogP contribution in [0.3, 0.4) is 0 Å². The molecule has 1 aromatic carbocycles. The summed E-state index contributed by atoms with van der Waals surface area (Å²) in [5, 5.41) is 9.14. The van der Waals surface area contributed by atoms with E-state index in [2.05, 4.69) is 4.72 Å². The zero-order chi connectivity index (χ0) is 18.0. The van der Waals surface area contributed by atoms with Crippen LogP contribution in [0.2, 0.25) is 0 Å². The van der Waals surface area contributed by atoms with Gasteiger partial charge in [-0.2, -0.15) is 0 Å². The molecular formula is C15H19FN2O5S. The van der Waals surface area contributed by atoms with Gasteiger partial charge < -0.3 is 10.0 Å². The summed E-state index contributed by atoms with van der Waals surface area (Å²) in [7, 11) is -4.04. The van der Waals surface area contributed by atoms with Gasteiger partial charge in [0.05, 0.1) is 5.41 Å². The van der Waals surface area contributed by atoms with E-state index in [1.165, 1.54) is 17.0 Å². The standard InChI is InChI=1S/C15H19FN2O5S/c1-15(14(20)21)7-9-18(10-15)13(19)6-8-17-24(22,23)12-5-3-2-4-11(12)16/h2-5,17H,6-10H2,1H3,(H,20,21). The second kappa shape index (κ2) is 6.86. The van der Waals surface area contributed by atoms with Gasteiger partial charge in [-0.05, 0) is 25.5 Å². The Hall–Kier alpha value is -2.00. The quantitative estimate of drug-likeness (QED) is 0.783. The molecule has 1 aliphatic rings. The Morgan fingerprint density at radius 1 is 1.38 bits per heavy atom. The van der Waals surface area contributed by atoms with Gasteiger partial charge in [-0.25, -0.2) is 17.5 Å². The lowest BCUT2D eigenvalue weighted by Gasteiger charge is -2.20. The van der Waals surface area contributed by atoms with Gasteiger partial charge in [0.15, 0.2) is 0 Å². The number of nitrogens with one attached hydrogen (secondary N) is 1. The molecule has 1 saturated heterocycles. The van der Waals surface area contributed by atoms with E-state index in [4.69, 9.17) is 5.11 Å². The lowest BCUT2D eigenvalue weighted by atomic mass is 9.90. The van der Waals surface area contributed by atoms with Crippen molar-refractivity contribution >= 4 is 21.9 Å². The molecule has 0 aliphatic carbocycles. The van der Waals surface area contributed by atoms with Gasteiger partial charge in [-0.15, -0.1) is 0 Å². The first kappa shape index (κ1) is 18.3. The fourth-order valence-corrected chi connectivity index (χ4v) is 3.65. The molecule has 0 bridgehead atoms. The number of carbonyl (C=O) groups excluding carboxylic acids is 1. The van der Waals surface area contributed by atoms with Crippen molar-refractivity contribution in [3.05, 3.63) is 30.1 Å². The number of benzene rings is 1. The first-order valence-corrected chi connectivity index (χ1v) is 8.89. The third kappa shape index (κ3) is 3.90. The summed E-state index contributed by atoms with van der Waals surface area (Å²) in [6.45, 7) is 1.81. The predicted octanol–water partition coefficient (Wildman–Crippen LogP) is 0.817. The molecule has 7 nitrogen and oxygen atoms in total. The maximum Gasteiger partial charge on any atom is 0.311 e. The number of amides is 1. The normalized spacial score (nSPS) is 21.0. The summed E-state index contributed by atoms with van der Waals surface area (Å²) in [5.41, 5.74) is -0.970. The molecule has 24 heavy (non-hydrogen) atoms. The van der Waals surface area contributed by atoms with E-state index in [0.29, 0.717) is 13.0 Å². The van der Waals surface area contributed by atoms with Gasteiger partial charge >= 0.3 is 5.97 Å². The molecule has 1 fully saturated rings. The minimum Gasteiger partial charge on any atom is -0.481 e. The van der Waals surface area contributed by atoms with Crippen molar-refractivity contribution < 1.29 is 27.5 Å². The van der Waals surface area contributed by atoms with E-state index in [0.717, 1.165) is 12.1 Å². The molecule has 1 heterocycles. The van der Waals surface area contributed by atoms with Gasteiger partial charge in [-0.3, -0.25) is 9.59 Å². The van der Waals surface area contributed by atoms with E-state index < -0.39 is 32.1 Å². The molecule has 1 aliphatic heterocycles. The number of carbonyl (C=O) groups is 2. The highest BCUT2D eigenvalue weighted by atomic mass is 32.2. The average Bonchev–Trinajstić information content (AvgIpc) is 2.91. The van der Waals surface area contributed by atoms with Gasteiger partial charge in [0.2, 0.25) is 15.9 Å². The number of carboxylic acids is 1. The molecule has 0 radical (unpaired) electrons. The van der Waals surface area contributed by atoms with Crippen LogP contribution in [0.4, 0.5) is 4.39 Å². The molecule has 0 saturated carbocycles. The highest BCUT2D eigenvalue weighted by Crippen LogP contribution is 2.30. The van der Waals surface area contributed by atoms with Crippen molar-refractivity contribution in [2.45, 2.75) is 24.7 Å². The number of hydrogen-bond acceptors (Lipinski definition) is 4. The van der Waals surface area contributed by atoms with Crippen LogP contribution in [-0.2, 0) is 19.6 Å². The molecule has 2 rings (SSSR count). The largest absolute Gasteiger partial charge is 0.481 e. The Bertz CT molecular complexity index is 752. The summed E-state index contributed by atoms with van der Waals surface area (Å²) in [6.07, 6.45) is 0.235. The monoisotopic (exact) mass is 358 g/mol. The van der Waals surface area contributed by atoms with Gasteiger partial charge in [0.1, 0.15) is 10.7 Å². The number of likely N-dealkylation sites (tertiary alicyclic amines) is 1. The second-order valence-corrected chi connectivity index (χ2v) is 7.74. The maximum atomic E-state index is 13.5. The van der Waals surface area contributed by atoms with Crippen molar-refractivity contribution in [3.63, 3.8) is 0 Å². The minimum absolute atomic E-state index is 0.0984. The Labute approximate surface area is 139 Å². The highest BCUT2D eigenvalue weighted by molar-refractivity contribution is 7.89. The lowest BCUT2D eigenvalue weighted by molar-refractivity contribution is -0.147. The third-order valence-electron chi connectivity index (χ3n) is 4.10. The number of rotatable bonds is 6. The van der Waals surface area contributed by atoms with E-state index in [9.17, 15) is 22.4 Å². The molecule has 0 spiro atoms. The number of sulfonamides is 1. The van der Waals surface area contributed by atoms with Crippen LogP contribution in [0.1, 0.15) is 19.8 Å². The number of halogens is 1. The molecule has 2 N–H and O–H groups in total. The van der Waals surface area contributed by atoms with E-state index in [1.54, 1.807) is 6.92 Å². The predicted molar refractivity (Wildman–Crippen MR) is 83.1 cm³/mol. The van der Waals surface area contributed by atoms with Crippen LogP contribution in [0, 0.1) is 11.2 Å². The molecular weight excluding hydrogens is 339 g/mol. The van der Waals surface area contributed by atoms with Gasteiger partial charge in [-0.1, -0.05) is 12.1 Å². The zero-order valence-corrected chi connectivity index (χ0v) is 14.0. The van der Waals surface area contributed by atoms with Crippen molar-refractivity contribution in [2.75, 3.05) is 19.6 Å². The average molecular weight is 358 g/mol. The number of nitrogens with zero attached hydrogens (tertiary/aromatic N) is 1. The molecule has 132 valence electrons. The first-order valence-electron chi connectivity index (χ1n) is 7.41. The molecule has 1 aromatic rings. The van der Waals surface area contributed by atoms with Crippen molar-refractivity contribution in [1.82, 2.24) is 9.62 Å². The van der Waals surface area contributed by atoms with Crippen molar-refractivity contribution in [3.8, 4) is 0 Å². The first-order chi connectivity index (χ1) is 11.2. The van der Waals surface area contributed by atoms with Crippen LogP contribution >= 0.6 is 0 Å². The fraction of sp³-hybridized carbons (Fsp3) is 0.467. The molecule has 1 atom stereocenters.